The van der Waals surface area contributed by atoms with E-state index in [1.54, 1.807) is 0 Å². The van der Waals surface area contributed by atoms with Crippen LogP contribution >= 0.6 is 0 Å². The van der Waals surface area contributed by atoms with Crippen molar-refractivity contribution in [2.24, 2.45) is 5.92 Å². The lowest BCUT2D eigenvalue weighted by atomic mass is 10.2. The summed E-state index contributed by atoms with van der Waals surface area (Å²) in [5.74, 6) is -0.917. The zero-order valence-electron chi connectivity index (χ0n) is 8.99. The van der Waals surface area contributed by atoms with Gasteiger partial charge in [-0.1, -0.05) is 13.8 Å². The van der Waals surface area contributed by atoms with Crippen LogP contribution in [-0.4, -0.2) is 41.4 Å². The van der Waals surface area contributed by atoms with Gasteiger partial charge in [-0.15, -0.1) is 0 Å². The number of carbonyl (C=O) groups excluding carboxylic acids is 1. The summed E-state index contributed by atoms with van der Waals surface area (Å²) in [6, 6.07) is -0.346. The number of nitrogens with one attached hydrogen (secondary N) is 2. The topological polar surface area (TPSA) is 98.7 Å². The zero-order valence-corrected chi connectivity index (χ0v) is 8.99. The quantitative estimate of drug-likeness (QED) is 0.495. The molecule has 0 aromatic carbocycles. The van der Waals surface area contributed by atoms with Gasteiger partial charge in [0.25, 0.3) is 0 Å². The Morgan fingerprint density at radius 3 is 2.33 bits per heavy atom. The van der Waals surface area contributed by atoms with Crippen LogP contribution in [-0.2, 0) is 4.79 Å². The molecule has 0 aliphatic carbocycles. The summed E-state index contributed by atoms with van der Waals surface area (Å²) in [6.45, 7) is 4.63. The molecule has 0 aromatic rings. The third-order valence-corrected chi connectivity index (χ3v) is 1.66. The number of aliphatic carboxylic acids is 1. The second kappa shape index (κ2) is 7.05. The standard InChI is InChI=1S/C9H18N2O4/c1-6(2)5-11-9(15)10-4-3-7(12)8(13)14/h6-7,12H,3-5H2,1-2H3,(H,13,14)(H2,10,11,15)/t7-/m0/s1. The van der Waals surface area contributed by atoms with Crippen molar-refractivity contribution in [2.45, 2.75) is 26.4 Å². The lowest BCUT2D eigenvalue weighted by Gasteiger charge is -2.10. The molecule has 0 aromatic heterocycles. The zero-order chi connectivity index (χ0) is 11.8. The highest BCUT2D eigenvalue weighted by atomic mass is 16.4. The number of rotatable bonds is 6. The van der Waals surface area contributed by atoms with Gasteiger partial charge in [0.2, 0.25) is 0 Å². The summed E-state index contributed by atoms with van der Waals surface area (Å²) in [4.78, 5) is 21.3. The number of urea groups is 1. The summed E-state index contributed by atoms with van der Waals surface area (Å²) >= 11 is 0. The molecule has 4 N–H and O–H groups in total. The monoisotopic (exact) mass is 218 g/mol. The van der Waals surface area contributed by atoms with Gasteiger partial charge in [-0.05, 0) is 5.92 Å². The van der Waals surface area contributed by atoms with Crippen LogP contribution in [0.1, 0.15) is 20.3 Å². The van der Waals surface area contributed by atoms with Crippen LogP contribution in [0, 0.1) is 5.92 Å². The molecular formula is C9H18N2O4. The molecule has 15 heavy (non-hydrogen) atoms. The Morgan fingerprint density at radius 2 is 1.87 bits per heavy atom. The molecule has 0 radical (unpaired) electrons. The maximum absolute atomic E-state index is 11.0. The summed E-state index contributed by atoms with van der Waals surface area (Å²) in [7, 11) is 0. The molecule has 0 rings (SSSR count). The first-order valence-electron chi connectivity index (χ1n) is 4.86. The van der Waals surface area contributed by atoms with Crippen molar-refractivity contribution in [3.8, 4) is 0 Å². The van der Waals surface area contributed by atoms with E-state index in [1.165, 1.54) is 0 Å². The molecule has 0 aliphatic rings. The highest BCUT2D eigenvalue weighted by molar-refractivity contribution is 5.74. The maximum atomic E-state index is 11.0. The first kappa shape index (κ1) is 13.7. The van der Waals surface area contributed by atoms with Gasteiger partial charge in [-0.25, -0.2) is 9.59 Å². The Morgan fingerprint density at radius 1 is 1.27 bits per heavy atom. The van der Waals surface area contributed by atoms with Crippen molar-refractivity contribution in [2.75, 3.05) is 13.1 Å². The van der Waals surface area contributed by atoms with E-state index in [4.69, 9.17) is 10.2 Å². The van der Waals surface area contributed by atoms with Crippen molar-refractivity contribution in [3.63, 3.8) is 0 Å². The number of hydrogen-bond donors (Lipinski definition) is 4. The Labute approximate surface area is 88.7 Å². The normalized spacial score (nSPS) is 12.3. The van der Waals surface area contributed by atoms with Crippen LogP contribution in [0.2, 0.25) is 0 Å². The van der Waals surface area contributed by atoms with Gasteiger partial charge in [-0.3, -0.25) is 0 Å². The van der Waals surface area contributed by atoms with E-state index in [1.807, 2.05) is 13.8 Å². The van der Waals surface area contributed by atoms with Gasteiger partial charge in [-0.2, -0.15) is 0 Å². The van der Waals surface area contributed by atoms with Crippen LogP contribution in [0.15, 0.2) is 0 Å². The molecule has 0 spiro atoms. The minimum Gasteiger partial charge on any atom is -0.479 e. The van der Waals surface area contributed by atoms with Crippen LogP contribution in [0.5, 0.6) is 0 Å². The third-order valence-electron chi connectivity index (χ3n) is 1.66. The van der Waals surface area contributed by atoms with E-state index in [-0.39, 0.29) is 19.0 Å². The fourth-order valence-electron chi connectivity index (χ4n) is 0.805. The molecule has 2 amide bonds. The van der Waals surface area contributed by atoms with Gasteiger partial charge >= 0.3 is 12.0 Å². The molecule has 0 saturated carbocycles. The van der Waals surface area contributed by atoms with Crippen molar-refractivity contribution < 1.29 is 19.8 Å². The lowest BCUT2D eigenvalue weighted by Crippen LogP contribution is -2.39. The number of carboxylic acids is 1. The van der Waals surface area contributed by atoms with E-state index < -0.39 is 12.1 Å². The lowest BCUT2D eigenvalue weighted by molar-refractivity contribution is -0.146. The second-order valence-electron chi connectivity index (χ2n) is 3.67. The third kappa shape index (κ3) is 7.75. The van der Waals surface area contributed by atoms with Crippen molar-refractivity contribution in [3.05, 3.63) is 0 Å². The van der Waals surface area contributed by atoms with Gasteiger partial charge in [0.1, 0.15) is 0 Å². The average Bonchev–Trinajstić information content (AvgIpc) is 2.14. The van der Waals surface area contributed by atoms with Crippen molar-refractivity contribution in [1.29, 1.82) is 0 Å². The average molecular weight is 218 g/mol. The van der Waals surface area contributed by atoms with Gasteiger partial charge in [0.15, 0.2) is 6.10 Å². The van der Waals surface area contributed by atoms with Crippen LogP contribution in [0.3, 0.4) is 0 Å². The Balaban J connectivity index is 3.51. The SMILES string of the molecule is CC(C)CNC(=O)NCC[C@H](O)C(=O)O. The Bertz CT molecular complexity index is 218. The fraction of sp³-hybridized carbons (Fsp3) is 0.778. The minimum absolute atomic E-state index is 0.00440. The van der Waals surface area contributed by atoms with Crippen molar-refractivity contribution in [1.82, 2.24) is 10.6 Å². The van der Waals surface area contributed by atoms with E-state index >= 15 is 0 Å². The highest BCUT2D eigenvalue weighted by Crippen LogP contribution is 1.90. The number of aliphatic hydroxyl groups excluding tert-OH is 1. The number of carbonyl (C=O) groups is 2. The van der Waals surface area contributed by atoms with Crippen LogP contribution in [0.25, 0.3) is 0 Å². The summed E-state index contributed by atoms with van der Waals surface area (Å²) < 4.78 is 0. The molecule has 6 nitrogen and oxygen atoms in total. The fourth-order valence-corrected chi connectivity index (χ4v) is 0.805. The van der Waals surface area contributed by atoms with Gasteiger partial charge in [0.05, 0.1) is 0 Å². The predicted octanol–water partition coefficient (Wildman–Crippen LogP) is -0.223. The van der Waals surface area contributed by atoms with E-state index in [2.05, 4.69) is 10.6 Å². The minimum atomic E-state index is -1.42. The second-order valence-corrected chi connectivity index (χ2v) is 3.67. The van der Waals surface area contributed by atoms with E-state index in [0.717, 1.165) is 0 Å². The molecule has 0 unspecified atom stereocenters. The van der Waals surface area contributed by atoms with E-state index in [0.29, 0.717) is 12.5 Å². The number of amides is 2. The van der Waals surface area contributed by atoms with Crippen LogP contribution < -0.4 is 10.6 Å². The molecule has 0 bridgehead atoms. The molecule has 0 saturated heterocycles. The summed E-state index contributed by atoms with van der Waals surface area (Å²) in [6.07, 6.45) is -1.42. The van der Waals surface area contributed by atoms with Crippen molar-refractivity contribution >= 4 is 12.0 Å². The largest absolute Gasteiger partial charge is 0.479 e. The number of hydrogen-bond acceptors (Lipinski definition) is 3. The maximum Gasteiger partial charge on any atom is 0.332 e. The summed E-state index contributed by atoms with van der Waals surface area (Å²) in [5, 5.41) is 22.3. The predicted molar refractivity (Wildman–Crippen MR) is 54.5 cm³/mol. The first-order valence-corrected chi connectivity index (χ1v) is 4.86. The summed E-state index contributed by atoms with van der Waals surface area (Å²) in [5.41, 5.74) is 0. The molecular weight excluding hydrogens is 200 g/mol. The molecule has 0 fully saturated rings. The molecule has 6 heteroatoms. The Kier molecular flexibility index (Phi) is 6.44. The molecule has 0 aliphatic heterocycles. The number of aliphatic hydroxyl groups is 1. The molecule has 0 heterocycles. The number of carboxylic acid groups (broad SMARTS) is 1. The van der Waals surface area contributed by atoms with Crippen LogP contribution in [0.4, 0.5) is 4.79 Å². The Hall–Kier alpha value is -1.30. The smallest absolute Gasteiger partial charge is 0.332 e. The molecule has 88 valence electrons. The first-order chi connectivity index (χ1) is 6.93. The van der Waals surface area contributed by atoms with Gasteiger partial charge < -0.3 is 20.8 Å². The molecule has 1 atom stereocenters. The van der Waals surface area contributed by atoms with Gasteiger partial charge in [0, 0.05) is 19.5 Å². The highest BCUT2D eigenvalue weighted by Gasteiger charge is 2.12. The van der Waals surface area contributed by atoms with E-state index in [9.17, 15) is 9.59 Å².